The number of nitrogens with zero attached hydrogens (tertiary/aromatic N) is 2. The van der Waals surface area contributed by atoms with Crippen LogP contribution in [-0.2, 0) is 5.41 Å². The van der Waals surface area contributed by atoms with Crippen molar-refractivity contribution in [1.82, 2.24) is 4.98 Å². The molecule has 1 rings (SSSR count). The Morgan fingerprint density at radius 1 is 1.36 bits per heavy atom. The minimum absolute atomic E-state index is 0.0297. The molecule has 0 bridgehead atoms. The van der Waals surface area contributed by atoms with Crippen LogP contribution in [0.4, 0.5) is 5.69 Å². The third-order valence-corrected chi connectivity index (χ3v) is 2.29. The fourth-order valence-electron chi connectivity index (χ4n) is 1.13. The summed E-state index contributed by atoms with van der Waals surface area (Å²) >= 11 is 6.04. The molecule has 0 atom stereocenters. The molecule has 2 nitrogen and oxygen atoms in total. The average molecular weight is 212 g/mol. The zero-order chi connectivity index (χ0) is 10.9. The van der Waals surface area contributed by atoms with E-state index in [0.717, 1.165) is 11.4 Å². The second kappa shape index (κ2) is 3.70. The van der Waals surface area contributed by atoms with Crippen molar-refractivity contribution < 1.29 is 4.58 Å². The van der Waals surface area contributed by atoms with Crippen LogP contribution in [0.3, 0.4) is 0 Å². The largest absolute Gasteiger partial charge is 0.242 e. The zero-order valence-corrected chi connectivity index (χ0v) is 9.89. The van der Waals surface area contributed by atoms with Crippen LogP contribution in [-0.4, -0.2) is 23.3 Å². The SMILES string of the molecule is C=[N+](C)c1ccc(C(C)(C)C)nc1Cl. The van der Waals surface area contributed by atoms with E-state index in [9.17, 15) is 0 Å². The maximum atomic E-state index is 6.04. The Kier molecular flexibility index (Phi) is 2.95. The molecule has 0 N–H and O–H groups in total. The van der Waals surface area contributed by atoms with E-state index >= 15 is 0 Å². The molecule has 76 valence electrons. The van der Waals surface area contributed by atoms with Crippen LogP contribution < -0.4 is 0 Å². The van der Waals surface area contributed by atoms with Crippen LogP contribution in [0.25, 0.3) is 0 Å². The summed E-state index contributed by atoms with van der Waals surface area (Å²) in [6.45, 7) is 10.1. The third kappa shape index (κ3) is 2.32. The van der Waals surface area contributed by atoms with E-state index in [1.54, 1.807) is 4.58 Å². The molecule has 0 aliphatic rings. The minimum Gasteiger partial charge on any atom is -0.234 e. The lowest BCUT2D eigenvalue weighted by Crippen LogP contribution is -2.13. The molecule has 0 aliphatic carbocycles. The first kappa shape index (κ1) is 11.2. The summed E-state index contributed by atoms with van der Waals surface area (Å²) in [6.07, 6.45) is 0. The third-order valence-electron chi connectivity index (χ3n) is 2.01. The van der Waals surface area contributed by atoms with E-state index in [4.69, 9.17) is 11.6 Å². The van der Waals surface area contributed by atoms with Gasteiger partial charge in [-0.3, -0.25) is 0 Å². The van der Waals surface area contributed by atoms with Crippen molar-refractivity contribution in [2.24, 2.45) is 0 Å². The van der Waals surface area contributed by atoms with Gasteiger partial charge in [0, 0.05) is 17.2 Å². The van der Waals surface area contributed by atoms with E-state index in [1.165, 1.54) is 0 Å². The molecule has 14 heavy (non-hydrogen) atoms. The van der Waals surface area contributed by atoms with Gasteiger partial charge in [0.25, 0.3) is 0 Å². The number of rotatable bonds is 1. The molecule has 0 aliphatic heterocycles. The summed E-state index contributed by atoms with van der Waals surface area (Å²) < 4.78 is 1.71. The van der Waals surface area contributed by atoms with E-state index in [0.29, 0.717) is 5.15 Å². The Morgan fingerprint density at radius 3 is 2.29 bits per heavy atom. The summed E-state index contributed by atoms with van der Waals surface area (Å²) in [4.78, 5) is 4.35. The quantitative estimate of drug-likeness (QED) is 0.396. The van der Waals surface area contributed by atoms with Gasteiger partial charge in [0.2, 0.25) is 10.8 Å². The highest BCUT2D eigenvalue weighted by atomic mass is 35.5. The maximum absolute atomic E-state index is 6.04. The van der Waals surface area contributed by atoms with Crippen LogP contribution in [0.1, 0.15) is 26.5 Å². The van der Waals surface area contributed by atoms with Crippen LogP contribution in [0.5, 0.6) is 0 Å². The van der Waals surface area contributed by atoms with Crippen molar-refractivity contribution in [3.05, 3.63) is 23.0 Å². The first-order valence-corrected chi connectivity index (χ1v) is 4.91. The molecule has 1 aromatic heterocycles. The van der Waals surface area contributed by atoms with Gasteiger partial charge in [-0.25, -0.2) is 9.56 Å². The molecular formula is C11H16ClN2+. The van der Waals surface area contributed by atoms with Crippen LogP contribution in [0.15, 0.2) is 12.1 Å². The summed E-state index contributed by atoms with van der Waals surface area (Å²) in [7, 11) is 1.85. The van der Waals surface area contributed by atoms with Gasteiger partial charge in [0.15, 0.2) is 0 Å². The highest BCUT2D eigenvalue weighted by Crippen LogP contribution is 2.26. The van der Waals surface area contributed by atoms with Crippen molar-refractivity contribution in [2.75, 3.05) is 7.05 Å². The lowest BCUT2D eigenvalue weighted by molar-refractivity contribution is -0.394. The molecule has 0 amide bonds. The Bertz CT molecular complexity index is 364. The first-order valence-electron chi connectivity index (χ1n) is 4.53. The topological polar surface area (TPSA) is 15.9 Å². The lowest BCUT2D eigenvalue weighted by Gasteiger charge is -2.17. The maximum Gasteiger partial charge on any atom is 0.242 e. The Labute approximate surface area is 90.2 Å². The van der Waals surface area contributed by atoms with Gasteiger partial charge >= 0.3 is 0 Å². The number of hydrogen-bond donors (Lipinski definition) is 0. The molecule has 0 radical (unpaired) electrons. The van der Waals surface area contributed by atoms with E-state index in [-0.39, 0.29) is 5.41 Å². The van der Waals surface area contributed by atoms with E-state index in [1.807, 2.05) is 19.2 Å². The smallest absolute Gasteiger partial charge is 0.234 e. The molecule has 0 unspecified atom stereocenters. The van der Waals surface area contributed by atoms with Gasteiger partial charge in [0.05, 0.1) is 0 Å². The summed E-state index contributed by atoms with van der Waals surface area (Å²) in [5.41, 5.74) is 1.87. The minimum atomic E-state index is 0.0297. The summed E-state index contributed by atoms with van der Waals surface area (Å²) in [6, 6.07) is 3.94. The second-order valence-corrected chi connectivity index (χ2v) is 4.81. The molecular weight excluding hydrogens is 196 g/mol. The Balaban J connectivity index is 3.20. The van der Waals surface area contributed by atoms with Gasteiger partial charge in [-0.2, -0.15) is 0 Å². The fourth-order valence-corrected chi connectivity index (χ4v) is 1.43. The number of aromatic nitrogens is 1. The predicted octanol–water partition coefficient (Wildman–Crippen LogP) is 3.01. The van der Waals surface area contributed by atoms with Gasteiger partial charge < -0.3 is 0 Å². The molecule has 0 saturated heterocycles. The molecule has 0 saturated carbocycles. The van der Waals surface area contributed by atoms with E-state index in [2.05, 4.69) is 32.5 Å². The van der Waals surface area contributed by atoms with Crippen molar-refractivity contribution in [1.29, 1.82) is 0 Å². The average Bonchev–Trinajstić information content (AvgIpc) is 2.01. The Hall–Kier alpha value is -0.890. The summed E-state index contributed by atoms with van der Waals surface area (Å²) in [5.74, 6) is 0. The van der Waals surface area contributed by atoms with Crippen molar-refractivity contribution in [3.8, 4) is 0 Å². The highest BCUT2D eigenvalue weighted by molar-refractivity contribution is 6.31. The van der Waals surface area contributed by atoms with Crippen molar-refractivity contribution >= 4 is 24.0 Å². The zero-order valence-electron chi connectivity index (χ0n) is 9.13. The molecule has 0 spiro atoms. The normalized spacial score (nSPS) is 11.5. The van der Waals surface area contributed by atoms with E-state index < -0.39 is 0 Å². The number of halogens is 1. The molecule has 0 aromatic carbocycles. The number of hydrogen-bond acceptors (Lipinski definition) is 1. The standard InChI is InChI=1S/C11H16ClN2/c1-11(2,3)9-7-6-8(14(4)5)10(12)13-9/h6-7H,4H2,1-3,5H3/q+1. The van der Waals surface area contributed by atoms with Gasteiger partial charge in [-0.05, 0) is 6.07 Å². The second-order valence-electron chi connectivity index (χ2n) is 4.45. The van der Waals surface area contributed by atoms with Gasteiger partial charge in [-0.1, -0.05) is 32.4 Å². The molecule has 3 heteroatoms. The monoisotopic (exact) mass is 211 g/mol. The van der Waals surface area contributed by atoms with Crippen LogP contribution >= 0.6 is 11.6 Å². The Morgan fingerprint density at radius 2 is 1.93 bits per heavy atom. The lowest BCUT2D eigenvalue weighted by atomic mass is 9.92. The highest BCUT2D eigenvalue weighted by Gasteiger charge is 2.18. The summed E-state index contributed by atoms with van der Waals surface area (Å²) in [5, 5.41) is 0.509. The van der Waals surface area contributed by atoms with Gasteiger partial charge in [-0.15, -0.1) is 0 Å². The van der Waals surface area contributed by atoms with Crippen LogP contribution in [0.2, 0.25) is 5.15 Å². The first-order chi connectivity index (χ1) is 6.32. The molecule has 1 heterocycles. The molecule has 1 aromatic rings. The van der Waals surface area contributed by atoms with Gasteiger partial charge in [0.1, 0.15) is 13.8 Å². The predicted molar refractivity (Wildman–Crippen MR) is 60.9 cm³/mol. The fraction of sp³-hybridized carbons (Fsp3) is 0.455. The van der Waals surface area contributed by atoms with Crippen LogP contribution in [0, 0.1) is 0 Å². The number of pyridine rings is 1. The van der Waals surface area contributed by atoms with Crippen molar-refractivity contribution in [2.45, 2.75) is 26.2 Å². The van der Waals surface area contributed by atoms with Crippen molar-refractivity contribution in [3.63, 3.8) is 0 Å². The molecule has 0 fully saturated rings.